The number of carbonyl (C=O) groups is 3. The maximum absolute atomic E-state index is 13.0. The second-order valence-electron chi connectivity index (χ2n) is 6.26. The Kier molecular flexibility index (Phi) is 4.67. The summed E-state index contributed by atoms with van der Waals surface area (Å²) in [5.41, 5.74) is 1.73. The molecule has 4 amide bonds. The largest absolute Gasteiger partial charge is 0.335 e. The SMILES string of the molecule is CC(C)c1ccc(N2C(=O)NC(=O)C(=Cc3ccc(F)cc3)C2=O)cc1. The van der Waals surface area contributed by atoms with Crippen LogP contribution in [-0.4, -0.2) is 17.8 Å². The highest BCUT2D eigenvalue weighted by molar-refractivity contribution is 6.39. The Morgan fingerprint density at radius 1 is 0.962 bits per heavy atom. The van der Waals surface area contributed by atoms with Gasteiger partial charge in [0.05, 0.1) is 5.69 Å². The third-order valence-corrected chi connectivity index (χ3v) is 4.10. The van der Waals surface area contributed by atoms with E-state index in [1.807, 2.05) is 26.0 Å². The Morgan fingerprint density at radius 2 is 1.58 bits per heavy atom. The maximum atomic E-state index is 13.0. The molecule has 0 atom stereocenters. The summed E-state index contributed by atoms with van der Waals surface area (Å²) < 4.78 is 13.0. The van der Waals surface area contributed by atoms with Gasteiger partial charge in [-0.05, 0) is 47.4 Å². The molecular formula is C20H17FN2O3. The molecule has 6 heteroatoms. The molecule has 1 aliphatic rings. The third kappa shape index (κ3) is 3.39. The average molecular weight is 352 g/mol. The van der Waals surface area contributed by atoms with Crippen molar-refractivity contribution in [2.24, 2.45) is 0 Å². The highest BCUT2D eigenvalue weighted by Gasteiger charge is 2.36. The van der Waals surface area contributed by atoms with Crippen LogP contribution in [-0.2, 0) is 9.59 Å². The van der Waals surface area contributed by atoms with E-state index in [0.29, 0.717) is 17.2 Å². The summed E-state index contributed by atoms with van der Waals surface area (Å²) in [4.78, 5) is 37.9. The molecule has 2 aromatic rings. The zero-order valence-corrected chi connectivity index (χ0v) is 14.3. The van der Waals surface area contributed by atoms with Crippen molar-refractivity contribution in [2.75, 3.05) is 4.90 Å². The van der Waals surface area contributed by atoms with E-state index in [2.05, 4.69) is 5.32 Å². The van der Waals surface area contributed by atoms with Crippen LogP contribution in [0.3, 0.4) is 0 Å². The number of hydrogen-bond acceptors (Lipinski definition) is 3. The molecule has 3 rings (SSSR count). The molecule has 1 fully saturated rings. The normalized spacial score (nSPS) is 16.4. The van der Waals surface area contributed by atoms with Crippen LogP contribution in [0, 0.1) is 5.82 Å². The fourth-order valence-corrected chi connectivity index (χ4v) is 2.63. The quantitative estimate of drug-likeness (QED) is 0.678. The summed E-state index contributed by atoms with van der Waals surface area (Å²) in [6.45, 7) is 4.08. The number of imide groups is 2. The number of rotatable bonds is 3. The molecule has 2 aromatic carbocycles. The van der Waals surface area contributed by atoms with Crippen molar-refractivity contribution >= 4 is 29.6 Å². The number of barbiturate groups is 1. The van der Waals surface area contributed by atoms with Gasteiger partial charge in [-0.3, -0.25) is 14.9 Å². The molecule has 0 saturated carbocycles. The molecule has 0 unspecified atom stereocenters. The number of benzene rings is 2. The van der Waals surface area contributed by atoms with Gasteiger partial charge in [0.2, 0.25) is 0 Å². The van der Waals surface area contributed by atoms with E-state index in [1.165, 1.54) is 30.3 Å². The van der Waals surface area contributed by atoms with Crippen LogP contribution in [0.25, 0.3) is 6.08 Å². The first-order chi connectivity index (χ1) is 12.4. The van der Waals surface area contributed by atoms with Gasteiger partial charge in [-0.15, -0.1) is 0 Å². The van der Waals surface area contributed by atoms with E-state index in [0.717, 1.165) is 10.5 Å². The van der Waals surface area contributed by atoms with Crippen LogP contribution < -0.4 is 10.2 Å². The lowest BCUT2D eigenvalue weighted by Gasteiger charge is -2.26. The number of nitrogens with zero attached hydrogens (tertiary/aromatic N) is 1. The Labute approximate surface area is 150 Å². The number of urea groups is 1. The van der Waals surface area contributed by atoms with Gasteiger partial charge in [-0.1, -0.05) is 38.1 Å². The fourth-order valence-electron chi connectivity index (χ4n) is 2.63. The predicted octanol–water partition coefficient (Wildman–Crippen LogP) is 3.62. The second kappa shape index (κ2) is 6.92. The zero-order valence-electron chi connectivity index (χ0n) is 14.3. The molecule has 1 N–H and O–H groups in total. The minimum Gasteiger partial charge on any atom is -0.273 e. The second-order valence-corrected chi connectivity index (χ2v) is 6.26. The molecular weight excluding hydrogens is 335 g/mol. The maximum Gasteiger partial charge on any atom is 0.335 e. The summed E-state index contributed by atoms with van der Waals surface area (Å²) in [6, 6.07) is 11.5. The van der Waals surface area contributed by atoms with E-state index >= 15 is 0 Å². The van der Waals surface area contributed by atoms with Crippen molar-refractivity contribution in [3.63, 3.8) is 0 Å². The van der Waals surface area contributed by atoms with E-state index in [1.54, 1.807) is 12.1 Å². The van der Waals surface area contributed by atoms with Crippen LogP contribution >= 0.6 is 0 Å². The molecule has 1 aliphatic heterocycles. The van der Waals surface area contributed by atoms with E-state index < -0.39 is 23.7 Å². The lowest BCUT2D eigenvalue weighted by molar-refractivity contribution is -0.122. The minimum atomic E-state index is -0.798. The van der Waals surface area contributed by atoms with Crippen LogP contribution in [0.2, 0.25) is 0 Å². The number of nitrogens with one attached hydrogen (secondary N) is 1. The Bertz CT molecular complexity index is 900. The van der Waals surface area contributed by atoms with E-state index in [9.17, 15) is 18.8 Å². The lowest BCUT2D eigenvalue weighted by Crippen LogP contribution is -2.54. The summed E-state index contributed by atoms with van der Waals surface area (Å²) in [7, 11) is 0. The number of hydrogen-bond donors (Lipinski definition) is 1. The van der Waals surface area contributed by atoms with Gasteiger partial charge in [0.1, 0.15) is 11.4 Å². The number of carbonyl (C=O) groups excluding carboxylic acids is 3. The van der Waals surface area contributed by atoms with Crippen molar-refractivity contribution in [1.82, 2.24) is 5.32 Å². The lowest BCUT2D eigenvalue weighted by atomic mass is 10.0. The summed E-state index contributed by atoms with van der Waals surface area (Å²) in [6.07, 6.45) is 1.33. The Morgan fingerprint density at radius 3 is 2.15 bits per heavy atom. The summed E-state index contributed by atoms with van der Waals surface area (Å²) in [5, 5.41) is 2.16. The average Bonchev–Trinajstić information content (AvgIpc) is 2.60. The number of anilines is 1. The van der Waals surface area contributed by atoms with Crippen LogP contribution in [0.5, 0.6) is 0 Å². The van der Waals surface area contributed by atoms with Gasteiger partial charge < -0.3 is 0 Å². The highest BCUT2D eigenvalue weighted by Crippen LogP contribution is 2.24. The number of amides is 4. The smallest absolute Gasteiger partial charge is 0.273 e. The molecule has 0 aliphatic carbocycles. The van der Waals surface area contributed by atoms with E-state index in [4.69, 9.17) is 0 Å². The predicted molar refractivity (Wildman–Crippen MR) is 95.9 cm³/mol. The molecule has 26 heavy (non-hydrogen) atoms. The molecule has 0 aromatic heterocycles. The van der Waals surface area contributed by atoms with Crippen LogP contribution in [0.4, 0.5) is 14.9 Å². The van der Waals surface area contributed by atoms with Crippen LogP contribution in [0.15, 0.2) is 54.1 Å². The first-order valence-electron chi connectivity index (χ1n) is 8.14. The first-order valence-corrected chi connectivity index (χ1v) is 8.14. The van der Waals surface area contributed by atoms with Crippen molar-refractivity contribution in [2.45, 2.75) is 19.8 Å². The molecule has 1 heterocycles. The minimum absolute atomic E-state index is 0.191. The molecule has 0 spiro atoms. The zero-order chi connectivity index (χ0) is 18.8. The molecule has 5 nitrogen and oxygen atoms in total. The summed E-state index contributed by atoms with van der Waals surface area (Å²) in [5.74, 6) is -1.61. The summed E-state index contributed by atoms with van der Waals surface area (Å²) >= 11 is 0. The standard InChI is InChI=1S/C20H17FN2O3/c1-12(2)14-5-9-16(10-6-14)23-19(25)17(18(24)22-20(23)26)11-13-3-7-15(21)8-4-13/h3-12H,1-2H3,(H,22,24,26). The third-order valence-electron chi connectivity index (χ3n) is 4.10. The molecule has 1 saturated heterocycles. The Hall–Kier alpha value is -3.28. The van der Waals surface area contributed by atoms with Crippen molar-refractivity contribution in [3.05, 3.63) is 71.0 Å². The van der Waals surface area contributed by atoms with Crippen molar-refractivity contribution < 1.29 is 18.8 Å². The molecule has 0 radical (unpaired) electrons. The highest BCUT2D eigenvalue weighted by atomic mass is 19.1. The molecule has 132 valence electrons. The van der Waals surface area contributed by atoms with Crippen molar-refractivity contribution in [1.29, 1.82) is 0 Å². The monoisotopic (exact) mass is 352 g/mol. The Balaban J connectivity index is 1.96. The van der Waals surface area contributed by atoms with Gasteiger partial charge in [0, 0.05) is 0 Å². The van der Waals surface area contributed by atoms with Gasteiger partial charge in [0.15, 0.2) is 0 Å². The topological polar surface area (TPSA) is 66.5 Å². The fraction of sp³-hybridized carbons (Fsp3) is 0.150. The van der Waals surface area contributed by atoms with Gasteiger partial charge in [0.25, 0.3) is 11.8 Å². The number of halogens is 1. The van der Waals surface area contributed by atoms with Crippen LogP contribution in [0.1, 0.15) is 30.9 Å². The van der Waals surface area contributed by atoms with E-state index in [-0.39, 0.29) is 5.57 Å². The van der Waals surface area contributed by atoms with Gasteiger partial charge in [-0.25, -0.2) is 14.1 Å². The van der Waals surface area contributed by atoms with Gasteiger partial charge >= 0.3 is 6.03 Å². The van der Waals surface area contributed by atoms with Gasteiger partial charge in [-0.2, -0.15) is 0 Å². The first kappa shape index (κ1) is 17.5. The van der Waals surface area contributed by atoms with Crippen molar-refractivity contribution in [3.8, 4) is 0 Å². The molecule has 0 bridgehead atoms.